The van der Waals surface area contributed by atoms with Gasteiger partial charge in [0.15, 0.2) is 11.7 Å². The lowest BCUT2D eigenvalue weighted by molar-refractivity contribution is 0.103. The van der Waals surface area contributed by atoms with E-state index in [-0.39, 0.29) is 33.4 Å². The van der Waals surface area contributed by atoms with Gasteiger partial charge in [0.1, 0.15) is 0 Å². The molecule has 0 radical (unpaired) electrons. The Morgan fingerprint density at radius 2 is 1.65 bits per heavy atom. The maximum atomic E-state index is 13.2. The van der Waals surface area contributed by atoms with Crippen LogP contribution >= 0.6 is 0 Å². The first-order valence-corrected chi connectivity index (χ1v) is 12.9. The standard InChI is InChI=1S/C25H26N4O4S/c26-22-18-6-2-3-7-19(18)24(30)21-20(22)25(31)28-23(21)16-8-10-17(11-9-16)34(32,33)27-12-15-29-13-4-1-5-14-29/h2-3,6-11,26-28,31H,1,4-5,12-15H2. The molecule has 1 aromatic heterocycles. The second-order valence-corrected chi connectivity index (χ2v) is 10.4. The van der Waals surface area contributed by atoms with Crippen molar-refractivity contribution in [3.63, 3.8) is 0 Å². The first-order chi connectivity index (χ1) is 16.4. The predicted octanol–water partition coefficient (Wildman–Crippen LogP) is 3.11. The van der Waals surface area contributed by atoms with Crippen molar-refractivity contribution in [1.29, 1.82) is 5.41 Å². The molecule has 5 rings (SSSR count). The lowest BCUT2D eigenvalue weighted by atomic mass is 9.84. The second kappa shape index (κ2) is 8.83. The van der Waals surface area contributed by atoms with Crippen LogP contribution < -0.4 is 4.72 Å². The Labute approximate surface area is 198 Å². The summed E-state index contributed by atoms with van der Waals surface area (Å²) in [4.78, 5) is 18.4. The Bertz CT molecular complexity index is 1370. The van der Waals surface area contributed by atoms with E-state index in [1.807, 2.05) is 0 Å². The normalized spacial score (nSPS) is 16.4. The zero-order valence-electron chi connectivity index (χ0n) is 18.6. The van der Waals surface area contributed by atoms with E-state index in [1.165, 1.54) is 18.6 Å². The summed E-state index contributed by atoms with van der Waals surface area (Å²) in [5, 5.41) is 19.0. The van der Waals surface area contributed by atoms with E-state index in [1.54, 1.807) is 36.4 Å². The molecule has 1 fully saturated rings. The fourth-order valence-electron chi connectivity index (χ4n) is 4.75. The summed E-state index contributed by atoms with van der Waals surface area (Å²) in [6.07, 6.45) is 3.54. The first kappa shape index (κ1) is 22.5. The molecule has 0 bridgehead atoms. The number of nitrogens with one attached hydrogen (secondary N) is 3. The van der Waals surface area contributed by atoms with Crippen molar-refractivity contribution < 1.29 is 18.3 Å². The van der Waals surface area contributed by atoms with Crippen LogP contribution in [0.4, 0.5) is 0 Å². The Morgan fingerprint density at radius 3 is 2.35 bits per heavy atom. The number of ketones is 1. The molecular weight excluding hydrogens is 452 g/mol. The van der Waals surface area contributed by atoms with Crippen LogP contribution in [0.2, 0.25) is 0 Å². The van der Waals surface area contributed by atoms with Crippen molar-refractivity contribution >= 4 is 21.5 Å². The van der Waals surface area contributed by atoms with Gasteiger partial charge >= 0.3 is 0 Å². The minimum Gasteiger partial charge on any atom is -0.494 e. The molecular formula is C25H26N4O4S. The number of fused-ring (bicyclic) bond motifs is 2. The average Bonchev–Trinajstić information content (AvgIpc) is 3.21. The summed E-state index contributed by atoms with van der Waals surface area (Å²) >= 11 is 0. The van der Waals surface area contributed by atoms with Crippen molar-refractivity contribution in [1.82, 2.24) is 14.6 Å². The SMILES string of the molecule is N=C1c2ccccc2C(=O)c2c(-c3ccc(S(=O)(=O)NCCN4CCCCC4)cc3)[nH]c(O)c21. The Hall–Kier alpha value is -3.27. The van der Waals surface area contributed by atoms with E-state index in [9.17, 15) is 18.3 Å². The van der Waals surface area contributed by atoms with Crippen molar-refractivity contribution in [3.8, 4) is 17.1 Å². The lowest BCUT2D eigenvalue weighted by Gasteiger charge is -2.26. The van der Waals surface area contributed by atoms with Gasteiger partial charge in [0.2, 0.25) is 10.0 Å². The minimum atomic E-state index is -3.67. The molecule has 0 atom stereocenters. The fourth-order valence-corrected chi connectivity index (χ4v) is 5.77. The highest BCUT2D eigenvalue weighted by Gasteiger charge is 2.34. The quantitative estimate of drug-likeness (QED) is 0.339. The molecule has 9 heteroatoms. The minimum absolute atomic E-state index is 0.0716. The molecule has 2 heterocycles. The third kappa shape index (κ3) is 3.96. The maximum absolute atomic E-state index is 13.2. The van der Waals surface area contributed by atoms with Crippen molar-refractivity contribution in [3.05, 3.63) is 70.8 Å². The Kier molecular flexibility index (Phi) is 5.85. The summed E-state index contributed by atoms with van der Waals surface area (Å²) in [7, 11) is -3.67. The first-order valence-electron chi connectivity index (χ1n) is 11.4. The number of hydrogen-bond donors (Lipinski definition) is 4. The van der Waals surface area contributed by atoms with Gasteiger partial charge in [-0.05, 0) is 43.6 Å². The molecule has 0 unspecified atom stereocenters. The van der Waals surface area contributed by atoms with Crippen LogP contribution in [-0.4, -0.2) is 61.1 Å². The van der Waals surface area contributed by atoms with Gasteiger partial charge in [-0.25, -0.2) is 13.1 Å². The zero-order chi connectivity index (χ0) is 23.9. The van der Waals surface area contributed by atoms with Gasteiger partial charge in [-0.3, -0.25) is 10.2 Å². The van der Waals surface area contributed by atoms with E-state index >= 15 is 0 Å². The van der Waals surface area contributed by atoms with Crippen molar-refractivity contribution in [2.75, 3.05) is 26.2 Å². The van der Waals surface area contributed by atoms with Crippen LogP contribution in [0.5, 0.6) is 5.88 Å². The molecule has 34 heavy (non-hydrogen) atoms. The number of likely N-dealkylation sites (tertiary alicyclic amines) is 1. The van der Waals surface area contributed by atoms with Crippen LogP contribution in [0.15, 0.2) is 53.4 Å². The molecule has 1 saturated heterocycles. The molecule has 3 aromatic rings. The summed E-state index contributed by atoms with van der Waals surface area (Å²) < 4.78 is 28.1. The highest BCUT2D eigenvalue weighted by atomic mass is 32.2. The second-order valence-electron chi connectivity index (χ2n) is 8.67. The van der Waals surface area contributed by atoms with E-state index < -0.39 is 10.0 Å². The summed E-state index contributed by atoms with van der Waals surface area (Å²) in [6.45, 7) is 3.04. The molecule has 0 amide bonds. The van der Waals surface area contributed by atoms with Crippen molar-refractivity contribution in [2.45, 2.75) is 24.2 Å². The molecule has 1 aliphatic carbocycles. The lowest BCUT2D eigenvalue weighted by Crippen LogP contribution is -2.37. The predicted molar refractivity (Wildman–Crippen MR) is 129 cm³/mol. The number of nitrogens with zero attached hydrogens (tertiary/aromatic N) is 1. The number of hydrogen-bond acceptors (Lipinski definition) is 6. The number of rotatable bonds is 6. The largest absolute Gasteiger partial charge is 0.494 e. The van der Waals surface area contributed by atoms with E-state index in [2.05, 4.69) is 14.6 Å². The molecule has 0 spiro atoms. The summed E-state index contributed by atoms with van der Waals surface area (Å²) in [5.41, 5.74) is 2.23. The van der Waals surface area contributed by atoms with Gasteiger partial charge in [0, 0.05) is 24.2 Å². The molecule has 8 nitrogen and oxygen atoms in total. The fraction of sp³-hybridized carbons (Fsp3) is 0.280. The maximum Gasteiger partial charge on any atom is 0.240 e. The Morgan fingerprint density at radius 1 is 0.971 bits per heavy atom. The number of carbonyl (C=O) groups is 1. The van der Waals surface area contributed by atoms with Gasteiger partial charge in [-0.15, -0.1) is 0 Å². The van der Waals surface area contributed by atoms with Gasteiger partial charge in [-0.2, -0.15) is 0 Å². The Balaban J connectivity index is 1.38. The average molecular weight is 479 g/mol. The summed E-state index contributed by atoms with van der Waals surface area (Å²) in [5.74, 6) is -0.543. The van der Waals surface area contributed by atoms with Crippen LogP contribution in [-0.2, 0) is 10.0 Å². The van der Waals surface area contributed by atoms with Gasteiger partial charge in [0.25, 0.3) is 0 Å². The van der Waals surface area contributed by atoms with E-state index in [0.717, 1.165) is 25.9 Å². The van der Waals surface area contributed by atoms with Crippen molar-refractivity contribution in [2.24, 2.45) is 0 Å². The molecule has 176 valence electrons. The van der Waals surface area contributed by atoms with Crippen LogP contribution in [0.25, 0.3) is 11.3 Å². The molecule has 1 aliphatic heterocycles. The van der Waals surface area contributed by atoms with E-state index in [4.69, 9.17) is 5.41 Å². The highest BCUT2D eigenvalue weighted by Crippen LogP contribution is 2.39. The van der Waals surface area contributed by atoms with Gasteiger partial charge in [-0.1, -0.05) is 42.8 Å². The van der Waals surface area contributed by atoms with Crippen LogP contribution in [0, 0.1) is 5.41 Å². The molecule has 0 saturated carbocycles. The third-order valence-electron chi connectivity index (χ3n) is 6.52. The summed E-state index contributed by atoms with van der Waals surface area (Å²) in [6, 6.07) is 13.0. The smallest absolute Gasteiger partial charge is 0.240 e. The molecule has 2 aliphatic rings. The van der Waals surface area contributed by atoms with Crippen LogP contribution in [0.3, 0.4) is 0 Å². The zero-order valence-corrected chi connectivity index (χ0v) is 19.4. The number of aromatic hydroxyl groups is 1. The monoisotopic (exact) mass is 478 g/mol. The molecule has 4 N–H and O–H groups in total. The number of benzene rings is 2. The van der Waals surface area contributed by atoms with Gasteiger partial charge < -0.3 is 15.0 Å². The number of aromatic nitrogens is 1. The number of piperidine rings is 1. The topological polar surface area (TPSA) is 126 Å². The number of H-pyrrole nitrogens is 1. The molecule has 2 aromatic carbocycles. The number of carbonyl (C=O) groups excluding carboxylic acids is 1. The van der Waals surface area contributed by atoms with Gasteiger partial charge in [0.05, 0.1) is 27.4 Å². The van der Waals surface area contributed by atoms with E-state index in [0.29, 0.717) is 35.5 Å². The number of aromatic amines is 1. The third-order valence-corrected chi connectivity index (χ3v) is 8.00. The highest BCUT2D eigenvalue weighted by molar-refractivity contribution is 7.89. The van der Waals surface area contributed by atoms with Crippen LogP contribution in [0.1, 0.15) is 46.3 Å². The number of sulfonamides is 1.